The van der Waals surface area contributed by atoms with Crippen LogP contribution in [0.1, 0.15) is 40.5 Å². The van der Waals surface area contributed by atoms with E-state index in [9.17, 15) is 4.79 Å². The van der Waals surface area contributed by atoms with Crippen LogP contribution in [0.4, 0.5) is 0 Å². The highest BCUT2D eigenvalue weighted by Gasteiger charge is 2.29. The first-order valence-corrected chi connectivity index (χ1v) is 10.0. The standard InChI is InChI=1S/C21H21Cl2N3O2/c1-12-3-6-16-17(11-12)25-20(24-16)13-7-9-26(10-8-13)21(27)18-14(22)4-5-15(23)19(18)28-2/h3-6,11,13H,7-10H2,1-2H3,(H,24,25). The Morgan fingerprint density at radius 1 is 1.18 bits per heavy atom. The molecule has 0 unspecified atom stereocenters. The van der Waals surface area contributed by atoms with Gasteiger partial charge in [-0.1, -0.05) is 29.3 Å². The summed E-state index contributed by atoms with van der Waals surface area (Å²) in [6.07, 6.45) is 1.68. The molecule has 2 heterocycles. The van der Waals surface area contributed by atoms with E-state index < -0.39 is 0 Å². The second-order valence-electron chi connectivity index (χ2n) is 7.15. The van der Waals surface area contributed by atoms with Crippen molar-refractivity contribution in [2.45, 2.75) is 25.7 Å². The van der Waals surface area contributed by atoms with Crippen LogP contribution in [0.3, 0.4) is 0 Å². The van der Waals surface area contributed by atoms with Gasteiger partial charge in [0, 0.05) is 19.0 Å². The van der Waals surface area contributed by atoms with Gasteiger partial charge in [-0.3, -0.25) is 4.79 Å². The van der Waals surface area contributed by atoms with Crippen molar-refractivity contribution in [3.8, 4) is 5.75 Å². The molecule has 1 aliphatic heterocycles. The Hall–Kier alpha value is -2.24. The van der Waals surface area contributed by atoms with Gasteiger partial charge in [0.1, 0.15) is 11.4 Å². The fraction of sp³-hybridized carbons (Fsp3) is 0.333. The monoisotopic (exact) mass is 417 g/mol. The number of benzene rings is 2. The number of hydrogen-bond acceptors (Lipinski definition) is 3. The van der Waals surface area contributed by atoms with E-state index in [1.165, 1.54) is 12.7 Å². The van der Waals surface area contributed by atoms with Crippen molar-refractivity contribution >= 4 is 40.1 Å². The van der Waals surface area contributed by atoms with Crippen molar-refractivity contribution in [2.75, 3.05) is 20.2 Å². The molecule has 7 heteroatoms. The summed E-state index contributed by atoms with van der Waals surface area (Å²) >= 11 is 12.4. The predicted molar refractivity (Wildman–Crippen MR) is 112 cm³/mol. The van der Waals surface area contributed by atoms with E-state index in [4.69, 9.17) is 32.9 Å². The molecule has 0 radical (unpaired) electrons. The molecule has 0 bridgehead atoms. The zero-order valence-corrected chi connectivity index (χ0v) is 17.3. The SMILES string of the molecule is COc1c(Cl)ccc(Cl)c1C(=O)N1CCC(c2nc3ccc(C)cc3[nH]2)CC1. The summed E-state index contributed by atoms with van der Waals surface area (Å²) < 4.78 is 5.32. The number of piperidine rings is 1. The molecule has 1 aromatic heterocycles. The number of aromatic nitrogens is 2. The number of H-pyrrole nitrogens is 1. The second kappa shape index (κ2) is 7.64. The number of amides is 1. The molecular formula is C21H21Cl2N3O2. The summed E-state index contributed by atoms with van der Waals surface area (Å²) in [4.78, 5) is 23.0. The van der Waals surface area contributed by atoms with Crippen molar-refractivity contribution in [2.24, 2.45) is 0 Å². The Bertz CT molecular complexity index is 1040. The molecule has 0 atom stereocenters. The lowest BCUT2D eigenvalue weighted by atomic mass is 9.95. The van der Waals surface area contributed by atoms with E-state index in [1.807, 2.05) is 11.0 Å². The fourth-order valence-electron chi connectivity index (χ4n) is 3.78. The second-order valence-corrected chi connectivity index (χ2v) is 7.96. The highest BCUT2D eigenvalue weighted by molar-refractivity contribution is 6.37. The van der Waals surface area contributed by atoms with Gasteiger partial charge in [0.2, 0.25) is 0 Å². The molecule has 1 amide bonds. The van der Waals surface area contributed by atoms with Gasteiger partial charge in [-0.15, -0.1) is 0 Å². The molecule has 0 spiro atoms. The lowest BCUT2D eigenvalue weighted by Gasteiger charge is -2.31. The van der Waals surface area contributed by atoms with Gasteiger partial charge in [0.25, 0.3) is 5.91 Å². The molecule has 0 saturated carbocycles. The van der Waals surface area contributed by atoms with Crippen LogP contribution in [-0.2, 0) is 0 Å². The van der Waals surface area contributed by atoms with Crippen molar-refractivity contribution in [3.05, 3.63) is 57.3 Å². The summed E-state index contributed by atoms with van der Waals surface area (Å²) in [5.41, 5.74) is 3.57. The Labute approximate surface area is 173 Å². The molecular weight excluding hydrogens is 397 g/mol. The van der Waals surface area contributed by atoms with Gasteiger partial charge in [-0.25, -0.2) is 4.98 Å². The van der Waals surface area contributed by atoms with Gasteiger partial charge in [-0.2, -0.15) is 0 Å². The summed E-state index contributed by atoms with van der Waals surface area (Å²) in [6.45, 7) is 3.33. The fourth-order valence-corrected chi connectivity index (χ4v) is 4.25. The largest absolute Gasteiger partial charge is 0.494 e. The molecule has 28 heavy (non-hydrogen) atoms. The zero-order valence-electron chi connectivity index (χ0n) is 15.8. The van der Waals surface area contributed by atoms with Crippen LogP contribution >= 0.6 is 23.2 Å². The van der Waals surface area contributed by atoms with Gasteiger partial charge in [0.05, 0.1) is 28.2 Å². The third-order valence-corrected chi connectivity index (χ3v) is 5.91. The number of imidazole rings is 1. The maximum Gasteiger partial charge on any atom is 0.259 e. The quantitative estimate of drug-likeness (QED) is 0.636. The average Bonchev–Trinajstić information content (AvgIpc) is 3.12. The molecule has 2 aromatic carbocycles. The summed E-state index contributed by atoms with van der Waals surface area (Å²) in [5.74, 6) is 1.47. The molecule has 3 aromatic rings. The molecule has 1 N–H and O–H groups in total. The minimum absolute atomic E-state index is 0.150. The van der Waals surface area contributed by atoms with Crippen LogP contribution in [0, 0.1) is 6.92 Å². The summed E-state index contributed by atoms with van der Waals surface area (Å²) in [7, 11) is 1.49. The number of aromatic amines is 1. The highest BCUT2D eigenvalue weighted by Crippen LogP contribution is 2.36. The highest BCUT2D eigenvalue weighted by atomic mass is 35.5. The first-order valence-electron chi connectivity index (χ1n) is 9.25. The van der Waals surface area contributed by atoms with Crippen molar-refractivity contribution in [3.63, 3.8) is 0 Å². The summed E-state index contributed by atoms with van der Waals surface area (Å²) in [6, 6.07) is 9.48. The van der Waals surface area contributed by atoms with Gasteiger partial charge >= 0.3 is 0 Å². The molecule has 146 valence electrons. The topological polar surface area (TPSA) is 58.2 Å². The maximum absolute atomic E-state index is 13.1. The first-order chi connectivity index (χ1) is 13.5. The molecule has 0 aliphatic carbocycles. The number of rotatable bonds is 3. The van der Waals surface area contributed by atoms with Crippen LogP contribution in [0.25, 0.3) is 11.0 Å². The number of carbonyl (C=O) groups is 1. The van der Waals surface area contributed by atoms with Gasteiger partial charge < -0.3 is 14.6 Å². The third kappa shape index (κ3) is 3.45. The van der Waals surface area contributed by atoms with Crippen LogP contribution in [0.2, 0.25) is 10.0 Å². The average molecular weight is 418 g/mol. The van der Waals surface area contributed by atoms with Crippen LogP contribution in [0.15, 0.2) is 30.3 Å². The lowest BCUT2D eigenvalue weighted by molar-refractivity contribution is 0.0708. The van der Waals surface area contributed by atoms with Gasteiger partial charge in [0.15, 0.2) is 5.75 Å². The zero-order chi connectivity index (χ0) is 19.8. The van der Waals surface area contributed by atoms with Crippen molar-refractivity contribution < 1.29 is 9.53 Å². The first kappa shape index (κ1) is 19.1. The minimum Gasteiger partial charge on any atom is -0.494 e. The Kier molecular flexibility index (Phi) is 5.21. The van der Waals surface area contributed by atoms with Crippen molar-refractivity contribution in [1.82, 2.24) is 14.9 Å². The van der Waals surface area contributed by atoms with E-state index in [0.29, 0.717) is 40.4 Å². The predicted octanol–water partition coefficient (Wildman–Crippen LogP) is 5.21. The Morgan fingerprint density at radius 3 is 2.61 bits per heavy atom. The van der Waals surface area contributed by atoms with Crippen LogP contribution in [0.5, 0.6) is 5.75 Å². The normalized spacial score (nSPS) is 15.2. The maximum atomic E-state index is 13.1. The molecule has 5 nitrogen and oxygen atoms in total. The van der Waals surface area contributed by atoms with Crippen molar-refractivity contribution in [1.29, 1.82) is 0 Å². The third-order valence-electron chi connectivity index (χ3n) is 5.30. The Morgan fingerprint density at radius 2 is 1.89 bits per heavy atom. The Balaban J connectivity index is 1.51. The van der Waals surface area contributed by atoms with Crippen LogP contribution in [-0.4, -0.2) is 41.0 Å². The summed E-state index contributed by atoms with van der Waals surface area (Å²) in [5, 5.41) is 0.726. The van der Waals surface area contributed by atoms with E-state index in [0.717, 1.165) is 29.7 Å². The number of nitrogens with one attached hydrogen (secondary N) is 1. The number of halogens is 2. The molecule has 1 aliphatic rings. The van der Waals surface area contributed by atoms with Gasteiger partial charge in [-0.05, 0) is 49.6 Å². The number of methoxy groups -OCH3 is 1. The van der Waals surface area contributed by atoms with E-state index in [1.54, 1.807) is 12.1 Å². The number of carbonyl (C=O) groups excluding carboxylic acids is 1. The molecule has 1 fully saturated rings. The number of nitrogens with zero attached hydrogens (tertiary/aromatic N) is 2. The number of ether oxygens (including phenoxy) is 1. The smallest absolute Gasteiger partial charge is 0.259 e. The number of hydrogen-bond donors (Lipinski definition) is 1. The van der Waals surface area contributed by atoms with E-state index in [2.05, 4.69) is 24.0 Å². The number of aryl methyl sites for hydroxylation is 1. The van der Waals surface area contributed by atoms with E-state index in [-0.39, 0.29) is 5.91 Å². The minimum atomic E-state index is -0.150. The number of likely N-dealkylation sites (tertiary alicyclic amines) is 1. The van der Waals surface area contributed by atoms with Crippen LogP contribution < -0.4 is 4.74 Å². The van der Waals surface area contributed by atoms with E-state index >= 15 is 0 Å². The molecule has 4 rings (SSSR count). The lowest BCUT2D eigenvalue weighted by Crippen LogP contribution is -2.38. The molecule has 1 saturated heterocycles. The number of fused-ring (bicyclic) bond motifs is 1.